The highest BCUT2D eigenvalue weighted by Gasteiger charge is 2.44. The molecule has 0 spiro atoms. The quantitative estimate of drug-likeness (QED) is 0.661. The molecule has 2 aromatic carbocycles. The first-order chi connectivity index (χ1) is 13.6. The summed E-state index contributed by atoms with van der Waals surface area (Å²) in [5.74, 6) is 0.163. The highest BCUT2D eigenvalue weighted by atomic mass is 35.5. The molecule has 0 saturated heterocycles. The summed E-state index contributed by atoms with van der Waals surface area (Å²) in [7, 11) is -4.46. The van der Waals surface area contributed by atoms with Gasteiger partial charge in [-0.3, -0.25) is 9.45 Å². The average Bonchev–Trinajstić information content (AvgIpc) is 3.13. The van der Waals surface area contributed by atoms with Gasteiger partial charge in [0.1, 0.15) is 5.25 Å². The first kappa shape index (κ1) is 21.7. The highest BCUT2D eigenvalue weighted by Crippen LogP contribution is 2.50. The Bertz CT molecular complexity index is 1060. The number of carbonyl (C=O) groups is 1. The number of rotatable bonds is 5. The van der Waals surface area contributed by atoms with Gasteiger partial charge in [0, 0.05) is 9.93 Å². The van der Waals surface area contributed by atoms with Crippen LogP contribution < -0.4 is 5.73 Å². The number of primary amides is 1. The predicted molar refractivity (Wildman–Crippen MR) is 116 cm³/mol. The summed E-state index contributed by atoms with van der Waals surface area (Å²) in [6, 6.07) is 16.0. The van der Waals surface area contributed by atoms with Crippen LogP contribution in [0.3, 0.4) is 0 Å². The Hall–Kier alpha value is -2.00. The Labute approximate surface area is 179 Å². The van der Waals surface area contributed by atoms with E-state index in [0.717, 1.165) is 11.1 Å². The normalized spacial score (nSPS) is 17.9. The highest BCUT2D eigenvalue weighted by molar-refractivity contribution is 8.03. The van der Waals surface area contributed by atoms with Crippen molar-refractivity contribution in [2.45, 2.75) is 24.5 Å². The van der Waals surface area contributed by atoms with Crippen molar-refractivity contribution in [1.29, 1.82) is 0 Å². The van der Waals surface area contributed by atoms with Gasteiger partial charge in [0.2, 0.25) is 0 Å². The summed E-state index contributed by atoms with van der Waals surface area (Å²) in [6.07, 6.45) is 0. The van der Waals surface area contributed by atoms with E-state index >= 15 is 0 Å². The van der Waals surface area contributed by atoms with Crippen molar-refractivity contribution in [2.24, 2.45) is 5.73 Å². The van der Waals surface area contributed by atoms with Crippen molar-refractivity contribution in [3.05, 3.63) is 81.3 Å². The average molecular weight is 453 g/mol. The minimum Gasteiger partial charge on any atom is -0.351 e. The van der Waals surface area contributed by atoms with Crippen LogP contribution in [-0.4, -0.2) is 35.0 Å². The summed E-state index contributed by atoms with van der Waals surface area (Å²) in [6.45, 7) is 3.30. The van der Waals surface area contributed by atoms with E-state index < -0.39 is 26.8 Å². The summed E-state index contributed by atoms with van der Waals surface area (Å²) >= 11 is 7.40. The van der Waals surface area contributed by atoms with E-state index in [1.807, 2.05) is 49.4 Å². The van der Waals surface area contributed by atoms with Gasteiger partial charge in [-0.1, -0.05) is 54.1 Å². The van der Waals surface area contributed by atoms with Crippen LogP contribution in [0.25, 0.3) is 0 Å². The molecular weight excluding hydrogens is 432 g/mol. The molecule has 3 N–H and O–H groups in total. The third kappa shape index (κ3) is 4.02. The monoisotopic (exact) mass is 452 g/mol. The summed E-state index contributed by atoms with van der Waals surface area (Å²) in [4.78, 5) is 13.9. The first-order valence-electron chi connectivity index (χ1n) is 8.79. The topological polar surface area (TPSA) is 101 Å². The second-order valence-corrected chi connectivity index (χ2v) is 10.0. The lowest BCUT2D eigenvalue weighted by Gasteiger charge is -2.34. The molecule has 2 atom stereocenters. The molecule has 2 amide bonds. The number of nitrogens with two attached hydrogens (primary N) is 1. The van der Waals surface area contributed by atoms with Crippen LogP contribution in [-0.2, 0) is 15.5 Å². The zero-order chi connectivity index (χ0) is 21.4. The molecule has 6 nitrogen and oxygen atoms in total. The molecule has 2 unspecified atom stereocenters. The maximum absolute atomic E-state index is 12.0. The van der Waals surface area contributed by atoms with Gasteiger partial charge in [0.05, 0.1) is 17.0 Å². The molecule has 0 saturated carbocycles. The number of amides is 2. The SMILES string of the molecule is CC(C1=C(C(C)(c2ccccc2)c2ccc(Cl)cc2)SCN1C(N)=O)S(=O)(=O)O. The second-order valence-electron chi connectivity index (χ2n) is 6.91. The number of benzene rings is 2. The molecule has 0 radical (unpaired) electrons. The molecule has 3 rings (SSSR count). The Morgan fingerprint density at radius 1 is 1.17 bits per heavy atom. The summed E-state index contributed by atoms with van der Waals surface area (Å²) < 4.78 is 33.7. The molecule has 0 fully saturated rings. The lowest BCUT2D eigenvalue weighted by Crippen LogP contribution is -2.39. The van der Waals surface area contributed by atoms with Crippen molar-refractivity contribution in [3.8, 4) is 0 Å². The van der Waals surface area contributed by atoms with Crippen molar-refractivity contribution in [3.63, 3.8) is 0 Å². The second kappa shape index (κ2) is 8.02. The lowest BCUT2D eigenvalue weighted by atomic mass is 9.75. The van der Waals surface area contributed by atoms with E-state index in [-0.39, 0.29) is 11.6 Å². The molecule has 1 heterocycles. The Morgan fingerprint density at radius 2 is 1.72 bits per heavy atom. The van der Waals surface area contributed by atoms with Gasteiger partial charge in [-0.15, -0.1) is 11.8 Å². The van der Waals surface area contributed by atoms with Gasteiger partial charge in [0.15, 0.2) is 0 Å². The first-order valence-corrected chi connectivity index (χ1v) is 11.7. The molecule has 2 aromatic rings. The van der Waals surface area contributed by atoms with Crippen LogP contribution in [0.4, 0.5) is 4.79 Å². The predicted octanol–water partition coefficient (Wildman–Crippen LogP) is 4.22. The van der Waals surface area contributed by atoms with Gasteiger partial charge in [0.25, 0.3) is 10.1 Å². The van der Waals surface area contributed by atoms with E-state index in [0.29, 0.717) is 9.93 Å². The smallest absolute Gasteiger partial charge is 0.319 e. The Kier molecular flexibility index (Phi) is 6.01. The van der Waals surface area contributed by atoms with Crippen LogP contribution in [0, 0.1) is 0 Å². The van der Waals surface area contributed by atoms with Gasteiger partial charge in [-0.25, -0.2) is 4.79 Å². The number of carbonyl (C=O) groups excluding carboxylic acids is 1. The van der Waals surface area contributed by atoms with Crippen LogP contribution in [0.15, 0.2) is 65.2 Å². The van der Waals surface area contributed by atoms with Gasteiger partial charge in [-0.05, 0) is 37.1 Å². The minimum atomic E-state index is -4.46. The molecule has 1 aliphatic heterocycles. The molecular formula is C20H21ClN2O4S2. The van der Waals surface area contributed by atoms with Gasteiger partial charge >= 0.3 is 6.03 Å². The number of hydrogen-bond acceptors (Lipinski definition) is 4. The number of halogens is 1. The number of allylic oxidation sites excluding steroid dienone is 1. The molecule has 0 bridgehead atoms. The van der Waals surface area contributed by atoms with E-state index in [9.17, 15) is 17.8 Å². The van der Waals surface area contributed by atoms with Crippen molar-refractivity contribution in [1.82, 2.24) is 4.90 Å². The minimum absolute atomic E-state index is 0.163. The number of nitrogens with zero attached hydrogens (tertiary/aromatic N) is 1. The molecule has 0 aliphatic carbocycles. The molecule has 154 valence electrons. The zero-order valence-electron chi connectivity index (χ0n) is 15.9. The molecule has 1 aliphatic rings. The van der Waals surface area contributed by atoms with Crippen LogP contribution >= 0.6 is 23.4 Å². The van der Waals surface area contributed by atoms with E-state index in [1.54, 1.807) is 12.1 Å². The zero-order valence-corrected chi connectivity index (χ0v) is 18.3. The van der Waals surface area contributed by atoms with Crippen molar-refractivity contribution >= 4 is 39.5 Å². The van der Waals surface area contributed by atoms with Crippen molar-refractivity contribution < 1.29 is 17.8 Å². The maximum atomic E-state index is 12.0. The maximum Gasteiger partial charge on any atom is 0.319 e. The molecule has 29 heavy (non-hydrogen) atoms. The largest absolute Gasteiger partial charge is 0.351 e. The Morgan fingerprint density at radius 3 is 2.24 bits per heavy atom. The fourth-order valence-electron chi connectivity index (χ4n) is 3.51. The van der Waals surface area contributed by atoms with E-state index in [2.05, 4.69) is 0 Å². The van der Waals surface area contributed by atoms with E-state index in [1.165, 1.54) is 23.6 Å². The number of thioether (sulfide) groups is 1. The van der Waals surface area contributed by atoms with Gasteiger partial charge < -0.3 is 5.73 Å². The van der Waals surface area contributed by atoms with E-state index in [4.69, 9.17) is 17.3 Å². The molecule has 0 aromatic heterocycles. The number of hydrogen-bond donors (Lipinski definition) is 2. The lowest BCUT2D eigenvalue weighted by molar-refractivity contribution is 0.226. The van der Waals surface area contributed by atoms with Crippen molar-refractivity contribution in [2.75, 3.05) is 5.88 Å². The van der Waals surface area contributed by atoms with Gasteiger partial charge in [-0.2, -0.15) is 8.42 Å². The third-order valence-electron chi connectivity index (χ3n) is 5.19. The third-order valence-corrected chi connectivity index (χ3v) is 7.85. The summed E-state index contributed by atoms with van der Waals surface area (Å²) in [5, 5.41) is -0.752. The Balaban J connectivity index is 2.35. The van der Waals surface area contributed by atoms with Crippen LogP contribution in [0.5, 0.6) is 0 Å². The number of urea groups is 1. The summed E-state index contributed by atoms with van der Waals surface area (Å²) in [5.41, 5.74) is 6.67. The van der Waals surface area contributed by atoms with Crippen LogP contribution in [0.2, 0.25) is 5.02 Å². The molecule has 9 heteroatoms. The standard InChI is InChI=1S/C20H21ClN2O4S2/c1-13(29(25,26)27)17-18(28-12-23(17)19(22)24)20(2,14-6-4-3-5-7-14)15-8-10-16(21)11-9-15/h3-11,13H,12H2,1-2H3,(H2,22,24)(H,25,26,27). The fourth-order valence-corrected chi connectivity index (χ4v) is 5.72. The fraction of sp³-hybridized carbons (Fsp3) is 0.250. The van der Waals surface area contributed by atoms with Crippen LogP contribution in [0.1, 0.15) is 25.0 Å².